The molecule has 0 fully saturated rings. The molecule has 1 aromatic carbocycles. The summed E-state index contributed by atoms with van der Waals surface area (Å²) in [7, 11) is -1.92. The van der Waals surface area contributed by atoms with Crippen molar-refractivity contribution in [3.8, 4) is 0 Å². The summed E-state index contributed by atoms with van der Waals surface area (Å²) in [4.78, 5) is 14.4. The highest BCUT2D eigenvalue weighted by atomic mass is 127. The Morgan fingerprint density at radius 3 is 2.21 bits per heavy atom. The number of hydrogen-bond donors (Lipinski definition) is 0. The van der Waals surface area contributed by atoms with Crippen LogP contribution in [-0.2, 0) is 0 Å². The molecule has 0 saturated heterocycles. The van der Waals surface area contributed by atoms with E-state index >= 15 is 0 Å². The van der Waals surface area contributed by atoms with Crippen LogP contribution in [0.5, 0.6) is 0 Å². The van der Waals surface area contributed by atoms with Crippen molar-refractivity contribution in [2.24, 2.45) is 0 Å². The summed E-state index contributed by atoms with van der Waals surface area (Å²) in [5, 5.41) is 0.649. The lowest BCUT2D eigenvalue weighted by Gasteiger charge is -2.26. The van der Waals surface area contributed by atoms with E-state index in [2.05, 4.69) is 42.2 Å². The molecule has 0 unspecified atom stereocenters. The molecule has 1 aromatic rings. The van der Waals surface area contributed by atoms with Gasteiger partial charge < -0.3 is 4.90 Å². The van der Waals surface area contributed by atoms with Gasteiger partial charge in [-0.25, -0.2) is 4.39 Å². The standard InChI is InChI=1S/C14H21FINOSi/c1-6-17(7-2)14(18)12-11(16)9-8-10(15)13(12)19(3,4)5/h8-9H,6-7H2,1-5H3. The van der Waals surface area contributed by atoms with Crippen molar-refractivity contribution in [1.29, 1.82) is 0 Å². The number of nitrogens with zero attached hydrogens (tertiary/aromatic N) is 1. The summed E-state index contributed by atoms with van der Waals surface area (Å²) in [5.41, 5.74) is 0.573. The van der Waals surface area contributed by atoms with Crippen molar-refractivity contribution in [2.75, 3.05) is 13.1 Å². The predicted octanol–water partition coefficient (Wildman–Crippen LogP) is 3.46. The molecular formula is C14H21FINOSi. The Kier molecular flexibility index (Phi) is 5.55. The zero-order valence-corrected chi connectivity index (χ0v) is 15.3. The SMILES string of the molecule is CCN(CC)C(=O)c1c(I)ccc(F)c1[Si](C)(C)C. The van der Waals surface area contributed by atoms with E-state index in [0.29, 0.717) is 23.8 Å². The highest BCUT2D eigenvalue weighted by Gasteiger charge is 2.30. The van der Waals surface area contributed by atoms with Crippen LogP contribution in [-0.4, -0.2) is 32.0 Å². The Balaban J connectivity index is 3.50. The van der Waals surface area contributed by atoms with Gasteiger partial charge in [0.1, 0.15) is 5.82 Å². The van der Waals surface area contributed by atoms with Crippen LogP contribution in [0.4, 0.5) is 4.39 Å². The van der Waals surface area contributed by atoms with Gasteiger partial charge in [0.05, 0.1) is 13.6 Å². The third kappa shape index (κ3) is 3.56. The molecule has 106 valence electrons. The molecule has 0 saturated carbocycles. The summed E-state index contributed by atoms with van der Waals surface area (Å²) < 4.78 is 15.1. The van der Waals surface area contributed by atoms with Crippen LogP contribution in [0, 0.1) is 9.39 Å². The van der Waals surface area contributed by atoms with E-state index in [9.17, 15) is 9.18 Å². The molecule has 0 heterocycles. The first-order chi connectivity index (χ1) is 8.73. The first-order valence-corrected chi connectivity index (χ1v) is 11.1. The van der Waals surface area contributed by atoms with Crippen LogP contribution in [0.3, 0.4) is 0 Å². The first-order valence-electron chi connectivity index (χ1n) is 6.51. The maximum absolute atomic E-state index is 14.2. The van der Waals surface area contributed by atoms with Crippen LogP contribution in [0.15, 0.2) is 12.1 Å². The van der Waals surface area contributed by atoms with Gasteiger partial charge in [-0.1, -0.05) is 19.6 Å². The molecular weight excluding hydrogens is 372 g/mol. The number of halogens is 2. The monoisotopic (exact) mass is 393 g/mol. The smallest absolute Gasteiger partial charge is 0.254 e. The van der Waals surface area contributed by atoms with E-state index in [-0.39, 0.29) is 11.7 Å². The fourth-order valence-electron chi connectivity index (χ4n) is 2.16. The van der Waals surface area contributed by atoms with E-state index in [1.54, 1.807) is 11.0 Å². The Morgan fingerprint density at radius 2 is 1.79 bits per heavy atom. The third-order valence-electron chi connectivity index (χ3n) is 3.12. The van der Waals surface area contributed by atoms with Gasteiger partial charge in [0.2, 0.25) is 0 Å². The molecule has 0 spiro atoms. The second-order valence-corrected chi connectivity index (χ2v) is 11.7. The van der Waals surface area contributed by atoms with Gasteiger partial charge in [-0.05, 0) is 53.8 Å². The Bertz CT molecular complexity index is 481. The van der Waals surface area contributed by atoms with Crippen molar-refractivity contribution >= 4 is 41.8 Å². The molecule has 5 heteroatoms. The third-order valence-corrected chi connectivity index (χ3v) is 6.01. The predicted molar refractivity (Wildman–Crippen MR) is 89.3 cm³/mol. The summed E-state index contributed by atoms with van der Waals surface area (Å²) in [6.45, 7) is 11.4. The maximum atomic E-state index is 14.2. The number of amides is 1. The van der Waals surface area contributed by atoms with Crippen LogP contribution in [0.1, 0.15) is 24.2 Å². The summed E-state index contributed by atoms with van der Waals surface area (Å²) in [6.07, 6.45) is 0. The van der Waals surface area contributed by atoms with Gasteiger partial charge in [0, 0.05) is 16.7 Å². The van der Waals surface area contributed by atoms with Crippen LogP contribution in [0.2, 0.25) is 19.6 Å². The molecule has 0 bridgehead atoms. The largest absolute Gasteiger partial charge is 0.339 e. The molecule has 0 atom stereocenters. The minimum atomic E-state index is -1.92. The normalized spacial score (nSPS) is 11.5. The number of carbonyl (C=O) groups is 1. The van der Waals surface area contributed by atoms with Gasteiger partial charge in [-0.2, -0.15) is 0 Å². The van der Waals surface area contributed by atoms with E-state index in [1.807, 2.05) is 13.8 Å². The molecule has 2 nitrogen and oxygen atoms in total. The second-order valence-electron chi connectivity index (χ2n) is 5.51. The molecule has 0 N–H and O–H groups in total. The van der Waals surface area contributed by atoms with E-state index in [4.69, 9.17) is 0 Å². The maximum Gasteiger partial charge on any atom is 0.254 e. The zero-order valence-electron chi connectivity index (χ0n) is 12.2. The molecule has 19 heavy (non-hydrogen) atoms. The average molecular weight is 393 g/mol. The molecule has 0 radical (unpaired) electrons. The summed E-state index contributed by atoms with van der Waals surface area (Å²) in [6, 6.07) is 3.17. The first kappa shape index (κ1) is 16.6. The lowest BCUT2D eigenvalue weighted by molar-refractivity contribution is 0.0773. The molecule has 0 aromatic heterocycles. The zero-order chi connectivity index (χ0) is 14.8. The van der Waals surface area contributed by atoms with Crippen molar-refractivity contribution < 1.29 is 9.18 Å². The van der Waals surface area contributed by atoms with Crippen molar-refractivity contribution in [2.45, 2.75) is 33.5 Å². The molecule has 0 aliphatic rings. The molecule has 1 rings (SSSR count). The Morgan fingerprint density at radius 1 is 1.26 bits per heavy atom. The van der Waals surface area contributed by atoms with E-state index < -0.39 is 8.07 Å². The minimum Gasteiger partial charge on any atom is -0.339 e. The number of hydrogen-bond acceptors (Lipinski definition) is 1. The highest BCUT2D eigenvalue weighted by Crippen LogP contribution is 2.19. The van der Waals surface area contributed by atoms with Gasteiger partial charge in [-0.15, -0.1) is 0 Å². The van der Waals surface area contributed by atoms with E-state index in [0.717, 1.165) is 3.57 Å². The second kappa shape index (κ2) is 6.34. The molecule has 1 amide bonds. The van der Waals surface area contributed by atoms with E-state index in [1.165, 1.54) is 6.07 Å². The van der Waals surface area contributed by atoms with Gasteiger partial charge >= 0.3 is 0 Å². The Labute approximate surface area is 129 Å². The Hall–Kier alpha value is -0.433. The van der Waals surface area contributed by atoms with Gasteiger partial charge in [0.25, 0.3) is 5.91 Å². The van der Waals surface area contributed by atoms with Crippen LogP contribution >= 0.6 is 22.6 Å². The summed E-state index contributed by atoms with van der Waals surface area (Å²) >= 11 is 2.13. The van der Waals surface area contributed by atoms with Crippen molar-refractivity contribution in [1.82, 2.24) is 4.90 Å². The van der Waals surface area contributed by atoms with Crippen LogP contribution < -0.4 is 5.19 Å². The molecule has 0 aliphatic heterocycles. The fourth-order valence-corrected chi connectivity index (χ4v) is 4.89. The fraction of sp³-hybridized carbons (Fsp3) is 0.500. The van der Waals surface area contributed by atoms with Crippen molar-refractivity contribution in [3.05, 3.63) is 27.1 Å². The topological polar surface area (TPSA) is 20.3 Å². The lowest BCUT2D eigenvalue weighted by Crippen LogP contribution is -2.47. The number of rotatable bonds is 4. The molecule has 0 aliphatic carbocycles. The van der Waals surface area contributed by atoms with Crippen molar-refractivity contribution in [3.63, 3.8) is 0 Å². The minimum absolute atomic E-state index is 0.0497. The van der Waals surface area contributed by atoms with Crippen LogP contribution in [0.25, 0.3) is 0 Å². The highest BCUT2D eigenvalue weighted by molar-refractivity contribution is 14.1. The quantitative estimate of drug-likeness (QED) is 0.567. The van der Waals surface area contributed by atoms with Gasteiger partial charge in [-0.3, -0.25) is 4.79 Å². The number of carbonyl (C=O) groups excluding carboxylic acids is 1. The van der Waals surface area contributed by atoms with Gasteiger partial charge in [0.15, 0.2) is 0 Å². The average Bonchev–Trinajstić information content (AvgIpc) is 2.31. The summed E-state index contributed by atoms with van der Waals surface area (Å²) in [5.74, 6) is -0.290. The number of benzene rings is 1. The lowest BCUT2D eigenvalue weighted by atomic mass is 10.2.